The molecule has 0 bridgehead atoms. The summed E-state index contributed by atoms with van der Waals surface area (Å²) in [5.41, 5.74) is 2.71. The molecule has 2 aromatic heterocycles. The lowest BCUT2D eigenvalue weighted by Crippen LogP contribution is -2.29. The maximum Gasteiger partial charge on any atom is 0.339 e. The number of furan rings is 1. The van der Waals surface area contributed by atoms with Gasteiger partial charge in [0.25, 0.3) is 0 Å². The van der Waals surface area contributed by atoms with Gasteiger partial charge in [0, 0.05) is 34.4 Å². The van der Waals surface area contributed by atoms with E-state index in [-0.39, 0.29) is 18.3 Å². The highest BCUT2D eigenvalue weighted by Crippen LogP contribution is 2.35. The summed E-state index contributed by atoms with van der Waals surface area (Å²) >= 11 is 0. The predicted octanol–water partition coefficient (Wildman–Crippen LogP) is 3.28. The SMILES string of the molecule is Cc1c(CCC(=O)NCC(=O)O)c(=O)oc2cc3occ(C(C)(C)C)c3cc12. The molecule has 0 saturated carbocycles. The molecule has 0 aliphatic carbocycles. The number of nitrogens with one attached hydrogen (secondary N) is 1. The summed E-state index contributed by atoms with van der Waals surface area (Å²) in [7, 11) is 0. The van der Waals surface area contributed by atoms with Gasteiger partial charge in [0.15, 0.2) is 0 Å². The van der Waals surface area contributed by atoms with E-state index in [1.54, 1.807) is 12.3 Å². The van der Waals surface area contributed by atoms with Gasteiger partial charge < -0.3 is 19.3 Å². The molecule has 0 atom stereocenters. The average molecular weight is 385 g/mol. The molecular formula is C21H23NO6. The van der Waals surface area contributed by atoms with Gasteiger partial charge >= 0.3 is 11.6 Å². The number of carboxylic acids is 1. The van der Waals surface area contributed by atoms with Crippen LogP contribution in [0.3, 0.4) is 0 Å². The number of hydrogen-bond donors (Lipinski definition) is 2. The van der Waals surface area contributed by atoms with Crippen LogP contribution >= 0.6 is 0 Å². The molecular weight excluding hydrogens is 362 g/mol. The first-order valence-electron chi connectivity index (χ1n) is 9.04. The van der Waals surface area contributed by atoms with Crippen LogP contribution < -0.4 is 10.9 Å². The number of hydrogen-bond acceptors (Lipinski definition) is 5. The Morgan fingerprint density at radius 1 is 1.14 bits per heavy atom. The molecule has 1 aromatic carbocycles. The van der Waals surface area contributed by atoms with Gasteiger partial charge in [-0.3, -0.25) is 9.59 Å². The standard InChI is InChI=1S/C21H23NO6/c1-11-12(5-6-18(23)22-9-19(24)25)20(26)28-17-8-16-14(7-13(11)17)15(10-27-16)21(2,3)4/h7-8,10H,5-6,9H2,1-4H3,(H,22,23)(H,24,25). The maximum absolute atomic E-state index is 12.4. The Labute approximate surface area is 161 Å². The Balaban J connectivity index is 2.00. The molecule has 0 radical (unpaired) electrons. The first-order chi connectivity index (χ1) is 13.1. The third-order valence-electron chi connectivity index (χ3n) is 4.83. The Kier molecular flexibility index (Phi) is 5.02. The molecule has 1 amide bonds. The first-order valence-corrected chi connectivity index (χ1v) is 9.04. The highest BCUT2D eigenvalue weighted by Gasteiger charge is 2.21. The zero-order chi connectivity index (χ0) is 20.6. The number of carbonyl (C=O) groups excluding carboxylic acids is 1. The van der Waals surface area contributed by atoms with Gasteiger partial charge in [0.2, 0.25) is 5.91 Å². The Hall–Kier alpha value is -3.09. The molecule has 7 nitrogen and oxygen atoms in total. The Bertz CT molecular complexity index is 1130. The number of benzene rings is 1. The molecule has 2 heterocycles. The monoisotopic (exact) mass is 385 g/mol. The molecule has 2 N–H and O–H groups in total. The van der Waals surface area contributed by atoms with Crippen molar-refractivity contribution in [3.05, 3.63) is 45.5 Å². The maximum atomic E-state index is 12.4. The summed E-state index contributed by atoms with van der Waals surface area (Å²) in [5, 5.41) is 12.7. The Morgan fingerprint density at radius 2 is 1.86 bits per heavy atom. The molecule has 0 aliphatic rings. The molecule has 28 heavy (non-hydrogen) atoms. The van der Waals surface area contributed by atoms with Gasteiger partial charge in [-0.15, -0.1) is 0 Å². The van der Waals surface area contributed by atoms with Crippen LogP contribution in [0.1, 0.15) is 43.9 Å². The minimum atomic E-state index is -1.12. The van der Waals surface area contributed by atoms with Gasteiger partial charge in [-0.1, -0.05) is 20.8 Å². The molecule has 148 valence electrons. The molecule has 3 aromatic rings. The van der Waals surface area contributed by atoms with Gasteiger partial charge in [0.1, 0.15) is 17.7 Å². The second-order valence-corrected chi connectivity index (χ2v) is 7.91. The molecule has 3 rings (SSSR count). The second kappa shape index (κ2) is 7.14. The van der Waals surface area contributed by atoms with Crippen molar-refractivity contribution >= 4 is 33.8 Å². The van der Waals surface area contributed by atoms with E-state index < -0.39 is 24.0 Å². The largest absolute Gasteiger partial charge is 0.480 e. The number of aliphatic carboxylic acids is 1. The van der Waals surface area contributed by atoms with Crippen molar-refractivity contribution in [2.45, 2.75) is 46.0 Å². The van der Waals surface area contributed by atoms with E-state index in [0.717, 1.165) is 21.9 Å². The quantitative estimate of drug-likeness (QED) is 0.652. The number of fused-ring (bicyclic) bond motifs is 2. The smallest absolute Gasteiger partial charge is 0.339 e. The first kappa shape index (κ1) is 19.7. The van der Waals surface area contributed by atoms with Crippen molar-refractivity contribution in [2.24, 2.45) is 0 Å². The summed E-state index contributed by atoms with van der Waals surface area (Å²) in [6.45, 7) is 7.67. The van der Waals surface area contributed by atoms with Crippen molar-refractivity contribution in [2.75, 3.05) is 6.54 Å². The summed E-state index contributed by atoms with van der Waals surface area (Å²) in [6, 6.07) is 3.68. The normalized spacial score (nSPS) is 11.9. The van der Waals surface area contributed by atoms with Crippen LogP contribution in [-0.4, -0.2) is 23.5 Å². The van der Waals surface area contributed by atoms with Gasteiger partial charge in [0.05, 0.1) is 6.26 Å². The van der Waals surface area contributed by atoms with Gasteiger partial charge in [-0.05, 0) is 30.4 Å². The lowest BCUT2D eigenvalue weighted by atomic mass is 9.86. The topological polar surface area (TPSA) is 110 Å². The molecule has 0 aliphatic heterocycles. The number of carboxylic acid groups (broad SMARTS) is 1. The zero-order valence-corrected chi connectivity index (χ0v) is 16.3. The fourth-order valence-corrected chi connectivity index (χ4v) is 3.28. The number of aryl methyl sites for hydroxylation is 1. The predicted molar refractivity (Wildman–Crippen MR) is 105 cm³/mol. The van der Waals surface area contributed by atoms with Crippen molar-refractivity contribution in [1.82, 2.24) is 5.32 Å². The molecule has 0 saturated heterocycles. The second-order valence-electron chi connectivity index (χ2n) is 7.91. The van der Waals surface area contributed by atoms with E-state index >= 15 is 0 Å². The van der Waals surface area contributed by atoms with Crippen LogP contribution in [0.2, 0.25) is 0 Å². The highest BCUT2D eigenvalue weighted by atomic mass is 16.4. The van der Waals surface area contributed by atoms with E-state index in [0.29, 0.717) is 16.7 Å². The van der Waals surface area contributed by atoms with Crippen LogP contribution in [0.4, 0.5) is 0 Å². The zero-order valence-electron chi connectivity index (χ0n) is 16.3. The summed E-state index contributed by atoms with van der Waals surface area (Å²) < 4.78 is 11.1. The van der Waals surface area contributed by atoms with Crippen LogP contribution in [0.25, 0.3) is 21.9 Å². The summed E-state index contributed by atoms with van der Waals surface area (Å²) in [6.07, 6.45) is 1.90. The third-order valence-corrected chi connectivity index (χ3v) is 4.83. The van der Waals surface area contributed by atoms with Crippen molar-refractivity contribution in [3.63, 3.8) is 0 Å². The Morgan fingerprint density at radius 3 is 2.50 bits per heavy atom. The molecule has 0 fully saturated rings. The fraction of sp³-hybridized carbons (Fsp3) is 0.381. The third kappa shape index (κ3) is 3.78. The minimum Gasteiger partial charge on any atom is -0.480 e. The minimum absolute atomic E-state index is 0.00554. The van der Waals surface area contributed by atoms with Crippen LogP contribution in [0.5, 0.6) is 0 Å². The van der Waals surface area contributed by atoms with Gasteiger partial charge in [-0.2, -0.15) is 0 Å². The highest BCUT2D eigenvalue weighted by molar-refractivity contribution is 5.96. The lowest BCUT2D eigenvalue weighted by molar-refractivity contribution is -0.137. The number of rotatable bonds is 5. The van der Waals surface area contributed by atoms with Crippen LogP contribution in [0.15, 0.2) is 32.0 Å². The summed E-state index contributed by atoms with van der Waals surface area (Å²) in [5.74, 6) is -1.55. The van der Waals surface area contributed by atoms with E-state index in [4.69, 9.17) is 13.9 Å². The number of amides is 1. The van der Waals surface area contributed by atoms with Crippen molar-refractivity contribution in [1.29, 1.82) is 0 Å². The summed E-state index contributed by atoms with van der Waals surface area (Å²) in [4.78, 5) is 34.7. The van der Waals surface area contributed by atoms with E-state index in [1.165, 1.54) is 0 Å². The van der Waals surface area contributed by atoms with Gasteiger partial charge in [-0.25, -0.2) is 4.79 Å². The van der Waals surface area contributed by atoms with Crippen LogP contribution in [-0.2, 0) is 21.4 Å². The average Bonchev–Trinajstić information content (AvgIpc) is 3.01. The van der Waals surface area contributed by atoms with Crippen LogP contribution in [0, 0.1) is 6.92 Å². The molecule has 0 unspecified atom stereocenters. The lowest BCUT2D eigenvalue weighted by Gasteiger charge is -2.16. The van der Waals surface area contributed by atoms with E-state index in [2.05, 4.69) is 26.1 Å². The van der Waals surface area contributed by atoms with Crippen molar-refractivity contribution < 1.29 is 23.5 Å². The fourth-order valence-electron chi connectivity index (χ4n) is 3.28. The molecule has 7 heteroatoms. The molecule has 0 spiro atoms. The van der Waals surface area contributed by atoms with E-state index in [9.17, 15) is 14.4 Å². The van der Waals surface area contributed by atoms with E-state index in [1.807, 2.05) is 13.0 Å². The van der Waals surface area contributed by atoms with Crippen molar-refractivity contribution in [3.8, 4) is 0 Å². The number of carbonyl (C=O) groups is 2.